The number of hydrogen-bond donors (Lipinski definition) is 0. The van der Waals surface area contributed by atoms with Gasteiger partial charge in [-0.25, -0.2) is 0 Å². The third-order valence-corrected chi connectivity index (χ3v) is 3.94. The van der Waals surface area contributed by atoms with Gasteiger partial charge in [0, 0.05) is 5.54 Å². The van der Waals surface area contributed by atoms with E-state index < -0.39 is 0 Å². The van der Waals surface area contributed by atoms with Crippen molar-refractivity contribution in [2.45, 2.75) is 31.7 Å². The molecule has 1 spiro atoms. The number of fused-ring (bicyclic) bond motifs is 3. The van der Waals surface area contributed by atoms with Crippen LogP contribution in [-0.4, -0.2) is 23.5 Å². The van der Waals surface area contributed by atoms with Crippen molar-refractivity contribution >= 4 is 0 Å². The fourth-order valence-corrected chi connectivity index (χ4v) is 3.24. The van der Waals surface area contributed by atoms with E-state index >= 15 is 0 Å². The summed E-state index contributed by atoms with van der Waals surface area (Å²) in [5.41, 5.74) is 0.800. The van der Waals surface area contributed by atoms with Gasteiger partial charge in [-0.15, -0.1) is 0 Å². The lowest BCUT2D eigenvalue weighted by atomic mass is 10.0. The minimum atomic E-state index is 0.800. The summed E-state index contributed by atoms with van der Waals surface area (Å²) in [7, 11) is 0. The van der Waals surface area contributed by atoms with Crippen LogP contribution in [-0.2, 0) is 0 Å². The quantitative estimate of drug-likeness (QED) is 0.529. The zero-order valence-electron chi connectivity index (χ0n) is 6.64. The van der Waals surface area contributed by atoms with Crippen molar-refractivity contribution < 1.29 is 0 Å². The molecule has 1 heteroatoms. The molecule has 0 aromatic carbocycles. The molecule has 3 rings (SSSR count). The standard InChI is InChI=1S/C9H15N/c1-2-10-5-3-4-9(10)7-6-8(7)9/h7-8H,2-6H2,1H3. The average molecular weight is 137 g/mol. The third kappa shape index (κ3) is 0.402. The molecule has 2 atom stereocenters. The fourth-order valence-electron chi connectivity index (χ4n) is 3.24. The minimum Gasteiger partial charge on any atom is -0.297 e. The predicted molar refractivity (Wildman–Crippen MR) is 40.8 cm³/mol. The van der Waals surface area contributed by atoms with Crippen molar-refractivity contribution in [1.82, 2.24) is 4.90 Å². The van der Waals surface area contributed by atoms with Crippen LogP contribution in [0.15, 0.2) is 0 Å². The summed E-state index contributed by atoms with van der Waals surface area (Å²) in [5, 5.41) is 0. The molecule has 2 saturated carbocycles. The highest BCUT2D eigenvalue weighted by Gasteiger charge is 2.78. The fraction of sp³-hybridized carbons (Fsp3) is 1.00. The van der Waals surface area contributed by atoms with Gasteiger partial charge < -0.3 is 0 Å². The molecule has 0 aromatic heterocycles. The van der Waals surface area contributed by atoms with Gasteiger partial charge in [0.2, 0.25) is 0 Å². The van der Waals surface area contributed by atoms with E-state index in [-0.39, 0.29) is 0 Å². The molecule has 0 N–H and O–H groups in total. The monoisotopic (exact) mass is 137 g/mol. The molecule has 1 aliphatic heterocycles. The summed E-state index contributed by atoms with van der Waals surface area (Å²) in [6.07, 6.45) is 4.56. The Bertz CT molecular complexity index is 168. The molecule has 3 fully saturated rings. The predicted octanol–water partition coefficient (Wildman–Crippen LogP) is 1.49. The SMILES string of the molecule is CCN1CCCC12C1CC12. The summed E-state index contributed by atoms with van der Waals surface area (Å²) in [6, 6.07) is 0. The number of nitrogens with zero attached hydrogens (tertiary/aromatic N) is 1. The lowest BCUT2D eigenvalue weighted by Gasteiger charge is -2.27. The zero-order valence-corrected chi connectivity index (χ0v) is 6.64. The van der Waals surface area contributed by atoms with E-state index in [1.807, 2.05) is 0 Å². The van der Waals surface area contributed by atoms with Gasteiger partial charge >= 0.3 is 0 Å². The van der Waals surface area contributed by atoms with Gasteiger partial charge in [0.15, 0.2) is 0 Å². The van der Waals surface area contributed by atoms with Crippen molar-refractivity contribution in [3.05, 3.63) is 0 Å². The molecule has 3 aliphatic rings. The second-order valence-electron chi connectivity index (χ2n) is 4.12. The van der Waals surface area contributed by atoms with Crippen molar-refractivity contribution in [2.24, 2.45) is 11.8 Å². The largest absolute Gasteiger partial charge is 0.297 e. The van der Waals surface area contributed by atoms with Gasteiger partial charge in [-0.05, 0) is 44.2 Å². The Morgan fingerprint density at radius 1 is 1.50 bits per heavy atom. The second kappa shape index (κ2) is 1.42. The average Bonchev–Trinajstić information content (AvgIpc) is 2.78. The van der Waals surface area contributed by atoms with Crippen molar-refractivity contribution in [1.29, 1.82) is 0 Å². The van der Waals surface area contributed by atoms with E-state index in [1.54, 1.807) is 6.42 Å². The molecule has 1 saturated heterocycles. The zero-order chi connectivity index (χ0) is 6.77. The molecule has 1 heterocycles. The van der Waals surface area contributed by atoms with E-state index in [2.05, 4.69) is 11.8 Å². The van der Waals surface area contributed by atoms with Crippen molar-refractivity contribution in [3.8, 4) is 0 Å². The lowest BCUT2D eigenvalue weighted by molar-refractivity contribution is 0.191. The maximum absolute atomic E-state index is 2.73. The Kier molecular flexibility index (Phi) is 0.797. The van der Waals surface area contributed by atoms with Gasteiger partial charge in [-0.3, -0.25) is 4.90 Å². The molecule has 1 nitrogen and oxygen atoms in total. The first-order valence-corrected chi connectivity index (χ1v) is 4.64. The molecular weight excluding hydrogens is 122 g/mol. The Hall–Kier alpha value is -0.0400. The highest BCUT2D eigenvalue weighted by atomic mass is 15.3. The Labute approximate surface area is 62.4 Å². The van der Waals surface area contributed by atoms with Crippen LogP contribution in [0.1, 0.15) is 26.2 Å². The van der Waals surface area contributed by atoms with E-state index in [0.29, 0.717) is 0 Å². The summed E-state index contributed by atoms with van der Waals surface area (Å²) >= 11 is 0. The number of hydrogen-bond acceptors (Lipinski definition) is 1. The minimum absolute atomic E-state index is 0.800. The molecule has 0 bridgehead atoms. The van der Waals surface area contributed by atoms with Crippen LogP contribution in [0.2, 0.25) is 0 Å². The summed E-state index contributed by atoms with van der Waals surface area (Å²) in [5.74, 6) is 2.32. The highest BCUT2D eigenvalue weighted by molar-refractivity contribution is 5.31. The first-order valence-electron chi connectivity index (χ1n) is 4.64. The van der Waals surface area contributed by atoms with Gasteiger partial charge in [0.05, 0.1) is 0 Å². The molecule has 56 valence electrons. The topological polar surface area (TPSA) is 3.24 Å². The van der Waals surface area contributed by atoms with Crippen molar-refractivity contribution in [2.75, 3.05) is 13.1 Å². The molecule has 0 aromatic rings. The van der Waals surface area contributed by atoms with Crippen LogP contribution in [0, 0.1) is 11.8 Å². The summed E-state index contributed by atoms with van der Waals surface area (Å²) < 4.78 is 0. The van der Waals surface area contributed by atoms with Crippen LogP contribution in [0.3, 0.4) is 0 Å². The van der Waals surface area contributed by atoms with Gasteiger partial charge in [-0.2, -0.15) is 0 Å². The Balaban J connectivity index is 1.84. The highest BCUT2D eigenvalue weighted by Crippen LogP contribution is 2.76. The molecule has 0 amide bonds. The Morgan fingerprint density at radius 3 is 2.70 bits per heavy atom. The van der Waals surface area contributed by atoms with Crippen LogP contribution in [0.4, 0.5) is 0 Å². The van der Waals surface area contributed by atoms with Crippen LogP contribution >= 0.6 is 0 Å². The first kappa shape index (κ1) is 5.59. The third-order valence-electron chi connectivity index (χ3n) is 3.94. The number of likely N-dealkylation sites (tertiary alicyclic amines) is 1. The lowest BCUT2D eigenvalue weighted by Crippen LogP contribution is -2.36. The molecule has 2 aliphatic carbocycles. The van der Waals surface area contributed by atoms with Gasteiger partial charge in [0.1, 0.15) is 0 Å². The molecule has 2 unspecified atom stereocenters. The van der Waals surface area contributed by atoms with Gasteiger partial charge in [-0.1, -0.05) is 6.92 Å². The summed E-state index contributed by atoms with van der Waals surface area (Å²) in [6.45, 7) is 5.00. The van der Waals surface area contributed by atoms with E-state index in [1.165, 1.54) is 25.9 Å². The van der Waals surface area contributed by atoms with Crippen LogP contribution in [0.25, 0.3) is 0 Å². The van der Waals surface area contributed by atoms with Crippen LogP contribution < -0.4 is 0 Å². The Morgan fingerprint density at radius 2 is 2.30 bits per heavy atom. The first-order chi connectivity index (χ1) is 4.89. The van der Waals surface area contributed by atoms with E-state index in [0.717, 1.165) is 17.4 Å². The van der Waals surface area contributed by atoms with Crippen molar-refractivity contribution in [3.63, 3.8) is 0 Å². The van der Waals surface area contributed by atoms with Crippen LogP contribution in [0.5, 0.6) is 0 Å². The normalized spacial score (nSPS) is 57.3. The molecule has 0 radical (unpaired) electrons. The number of rotatable bonds is 1. The smallest absolute Gasteiger partial charge is 0.0273 e. The maximum atomic E-state index is 2.73. The second-order valence-corrected chi connectivity index (χ2v) is 4.12. The van der Waals surface area contributed by atoms with Gasteiger partial charge in [0.25, 0.3) is 0 Å². The van der Waals surface area contributed by atoms with E-state index in [9.17, 15) is 0 Å². The maximum Gasteiger partial charge on any atom is 0.0273 e. The van der Waals surface area contributed by atoms with E-state index in [4.69, 9.17) is 0 Å². The molecular formula is C9H15N. The summed E-state index contributed by atoms with van der Waals surface area (Å²) in [4.78, 5) is 2.73. The molecule has 10 heavy (non-hydrogen) atoms.